The number of benzene rings is 1. The van der Waals surface area contributed by atoms with Crippen molar-refractivity contribution in [3.63, 3.8) is 0 Å². The molecule has 2 aromatic heterocycles. The largest absolute Gasteiger partial charge is 2.00 e. The first-order valence-electron chi connectivity index (χ1n) is 8.15. The number of pyridine rings is 2. The molecule has 0 saturated heterocycles. The molecule has 0 amide bonds. The first-order chi connectivity index (χ1) is 11.8. The molecular weight excluding hydrogens is 353 g/mol. The van der Waals surface area contributed by atoms with E-state index < -0.39 is 0 Å². The summed E-state index contributed by atoms with van der Waals surface area (Å²) in [6.45, 7) is 6.75. The average Bonchev–Trinajstić information content (AvgIpc) is 2.66. The topological polar surface area (TPSA) is 39.9 Å². The van der Waals surface area contributed by atoms with E-state index in [9.17, 15) is 0 Å². The summed E-state index contributed by atoms with van der Waals surface area (Å²) < 4.78 is 0. The van der Waals surface area contributed by atoms with Crippen LogP contribution in [0.15, 0.2) is 73.1 Å². The molecular formula is C21H23N3Ni. The predicted octanol–water partition coefficient (Wildman–Crippen LogP) is 5.76. The Kier molecular flexibility index (Phi) is 10.2. The van der Waals surface area contributed by atoms with Crippen LogP contribution in [-0.2, 0) is 16.5 Å². The van der Waals surface area contributed by atoms with Gasteiger partial charge in [-0.3, -0.25) is 9.97 Å². The predicted molar refractivity (Wildman–Crippen MR) is 101 cm³/mol. The summed E-state index contributed by atoms with van der Waals surface area (Å²) in [4.78, 5) is 8.37. The summed E-state index contributed by atoms with van der Waals surface area (Å²) >= 11 is 0. The Hall–Kier alpha value is -2.19. The average molecular weight is 376 g/mol. The molecule has 0 unspecified atom stereocenters. The number of rotatable bonds is 5. The summed E-state index contributed by atoms with van der Waals surface area (Å²) in [6.07, 6.45) is 5.58. The van der Waals surface area contributed by atoms with Crippen LogP contribution in [0.3, 0.4) is 0 Å². The summed E-state index contributed by atoms with van der Waals surface area (Å²) in [5.74, 6) is 0. The van der Waals surface area contributed by atoms with Crippen LogP contribution in [0.1, 0.15) is 18.4 Å². The van der Waals surface area contributed by atoms with E-state index in [0.29, 0.717) is 0 Å². The van der Waals surface area contributed by atoms with Crippen molar-refractivity contribution in [1.82, 2.24) is 9.97 Å². The minimum atomic E-state index is 0. The van der Waals surface area contributed by atoms with Gasteiger partial charge in [0.2, 0.25) is 0 Å². The molecule has 3 rings (SSSR count). The van der Waals surface area contributed by atoms with Crippen molar-refractivity contribution in [2.45, 2.75) is 19.8 Å². The first kappa shape index (κ1) is 20.9. The van der Waals surface area contributed by atoms with Gasteiger partial charge < -0.3 is 12.2 Å². The van der Waals surface area contributed by atoms with Gasteiger partial charge in [0.15, 0.2) is 0 Å². The van der Waals surface area contributed by atoms with Crippen LogP contribution in [0.4, 0.5) is 5.69 Å². The van der Waals surface area contributed by atoms with Gasteiger partial charge in [-0.2, -0.15) is 6.42 Å². The van der Waals surface area contributed by atoms with E-state index >= 15 is 0 Å². The van der Waals surface area contributed by atoms with Crippen molar-refractivity contribution in [3.05, 3.63) is 90.9 Å². The molecule has 0 saturated carbocycles. The molecule has 0 aliphatic heterocycles. The van der Waals surface area contributed by atoms with Gasteiger partial charge in [-0.25, -0.2) is 0 Å². The number of nitrogens with zero attached hydrogens (tertiary/aromatic N) is 3. The molecule has 132 valence electrons. The second kappa shape index (κ2) is 12.2. The minimum Gasteiger partial charge on any atom is -0.684 e. The Morgan fingerprint density at radius 1 is 0.840 bits per heavy atom. The zero-order valence-corrected chi connectivity index (χ0v) is 15.4. The third-order valence-corrected chi connectivity index (χ3v) is 3.33. The van der Waals surface area contributed by atoms with Gasteiger partial charge in [-0.05, 0) is 31.2 Å². The quantitative estimate of drug-likeness (QED) is 0.323. The van der Waals surface area contributed by atoms with Crippen molar-refractivity contribution in [2.24, 2.45) is 0 Å². The van der Waals surface area contributed by atoms with Crippen LogP contribution < -0.4 is 0 Å². The number of aryl methyl sites for hydroxylation is 1. The fourth-order valence-electron chi connectivity index (χ4n) is 2.00. The van der Waals surface area contributed by atoms with Crippen molar-refractivity contribution in [3.8, 4) is 11.4 Å². The van der Waals surface area contributed by atoms with Gasteiger partial charge in [0.05, 0.1) is 11.4 Å². The summed E-state index contributed by atoms with van der Waals surface area (Å²) in [6, 6.07) is 19.9. The van der Waals surface area contributed by atoms with Crippen molar-refractivity contribution < 1.29 is 16.5 Å². The van der Waals surface area contributed by atoms with Gasteiger partial charge in [0.25, 0.3) is 0 Å². The SMILES string of the molecule is [CH2-]CCC[N-]c1ccc(C)cc1.[Ni+2].c1ccc(-c2ccccn2)nc1. The molecule has 4 heteroatoms. The van der Waals surface area contributed by atoms with Crippen LogP contribution in [0, 0.1) is 13.8 Å². The summed E-state index contributed by atoms with van der Waals surface area (Å²) in [7, 11) is 0. The molecule has 0 N–H and O–H groups in total. The number of hydrogen-bond acceptors (Lipinski definition) is 2. The van der Waals surface area contributed by atoms with Crippen LogP contribution >= 0.6 is 0 Å². The maximum atomic E-state index is 4.40. The van der Waals surface area contributed by atoms with Crippen LogP contribution in [0.5, 0.6) is 0 Å². The van der Waals surface area contributed by atoms with E-state index in [4.69, 9.17) is 0 Å². The molecule has 0 fully saturated rings. The van der Waals surface area contributed by atoms with E-state index in [2.05, 4.69) is 53.4 Å². The molecule has 0 aliphatic rings. The molecule has 0 spiro atoms. The molecule has 0 aliphatic carbocycles. The van der Waals surface area contributed by atoms with Gasteiger partial charge in [-0.15, -0.1) is 12.2 Å². The normalized spacial score (nSPS) is 9.36. The maximum Gasteiger partial charge on any atom is 2.00 e. The fourth-order valence-corrected chi connectivity index (χ4v) is 2.00. The van der Waals surface area contributed by atoms with E-state index in [1.54, 1.807) is 12.4 Å². The summed E-state index contributed by atoms with van der Waals surface area (Å²) in [5.41, 5.74) is 4.19. The van der Waals surface area contributed by atoms with Gasteiger partial charge in [-0.1, -0.05) is 48.4 Å². The Bertz CT molecular complexity index is 648. The van der Waals surface area contributed by atoms with Crippen LogP contribution in [0.2, 0.25) is 0 Å². The van der Waals surface area contributed by atoms with E-state index in [1.165, 1.54) is 5.56 Å². The molecule has 3 nitrogen and oxygen atoms in total. The molecule has 25 heavy (non-hydrogen) atoms. The molecule has 1 aromatic carbocycles. The number of aromatic nitrogens is 2. The zero-order valence-electron chi connectivity index (χ0n) is 14.4. The van der Waals surface area contributed by atoms with Crippen molar-refractivity contribution >= 4 is 5.69 Å². The standard InChI is InChI=1S/C11H15N.C10H8N2.Ni/c1-3-4-9-12-11-7-5-10(2)6-8-11;1-3-7-11-9(5-1)10-6-2-4-8-12-10;/h5-8H,1,3-4,9H2,2H3;1-8H;/q-2;;+2. The number of unbranched alkanes of at least 4 members (excludes halogenated alkanes) is 1. The first-order valence-corrected chi connectivity index (χ1v) is 8.15. The monoisotopic (exact) mass is 375 g/mol. The Labute approximate surface area is 160 Å². The van der Waals surface area contributed by atoms with Gasteiger partial charge >= 0.3 is 16.5 Å². The molecule has 2 heterocycles. The molecule has 3 aromatic rings. The van der Waals surface area contributed by atoms with E-state index in [0.717, 1.165) is 36.5 Å². The smallest absolute Gasteiger partial charge is 0.684 e. The third kappa shape index (κ3) is 7.95. The molecule has 0 bridgehead atoms. The zero-order chi connectivity index (χ0) is 17.0. The Morgan fingerprint density at radius 3 is 1.84 bits per heavy atom. The van der Waals surface area contributed by atoms with Crippen LogP contribution in [0.25, 0.3) is 16.7 Å². The van der Waals surface area contributed by atoms with E-state index in [-0.39, 0.29) is 16.5 Å². The van der Waals surface area contributed by atoms with Crippen molar-refractivity contribution in [1.29, 1.82) is 0 Å². The second-order valence-electron chi connectivity index (χ2n) is 5.35. The third-order valence-electron chi connectivity index (χ3n) is 3.33. The molecule has 0 radical (unpaired) electrons. The Morgan fingerprint density at radius 2 is 1.40 bits per heavy atom. The molecule has 0 atom stereocenters. The Balaban J connectivity index is 0.000000240. The summed E-state index contributed by atoms with van der Waals surface area (Å²) in [5, 5.41) is 4.40. The second-order valence-corrected chi connectivity index (χ2v) is 5.35. The van der Waals surface area contributed by atoms with Crippen LogP contribution in [-0.4, -0.2) is 16.5 Å². The van der Waals surface area contributed by atoms with Gasteiger partial charge in [0, 0.05) is 12.4 Å². The minimum absolute atomic E-state index is 0. The fraction of sp³-hybridized carbons (Fsp3) is 0.190. The maximum absolute atomic E-state index is 4.40. The number of hydrogen-bond donors (Lipinski definition) is 0. The van der Waals surface area contributed by atoms with Gasteiger partial charge in [0.1, 0.15) is 0 Å². The van der Waals surface area contributed by atoms with E-state index in [1.807, 2.05) is 36.4 Å². The van der Waals surface area contributed by atoms with Crippen molar-refractivity contribution in [2.75, 3.05) is 6.54 Å².